The Morgan fingerprint density at radius 2 is 1.82 bits per heavy atom. The van der Waals surface area contributed by atoms with Crippen molar-refractivity contribution in [2.45, 2.75) is 23.2 Å². The van der Waals surface area contributed by atoms with Crippen molar-refractivity contribution in [3.63, 3.8) is 0 Å². The van der Waals surface area contributed by atoms with E-state index in [4.69, 9.17) is 4.74 Å². The molecule has 0 amide bonds. The third kappa shape index (κ3) is 4.72. The first kappa shape index (κ1) is 24.3. The molecular formula is C22H17AsF6N4O. The van der Waals surface area contributed by atoms with E-state index in [0.29, 0.717) is 5.70 Å². The molecule has 0 saturated heterocycles. The van der Waals surface area contributed by atoms with Gasteiger partial charge in [-0.3, -0.25) is 0 Å². The van der Waals surface area contributed by atoms with Crippen LogP contribution < -0.4 is 10.2 Å². The Balaban J connectivity index is 1.77. The molecule has 0 saturated carbocycles. The Kier molecular flexibility index (Phi) is 6.52. The second-order valence-corrected chi connectivity index (χ2v) is 8.67. The van der Waals surface area contributed by atoms with Crippen LogP contribution in [0.5, 0.6) is 0 Å². The predicted octanol–water partition coefficient (Wildman–Crippen LogP) is 4.72. The standard InChI is InChI=1S/C22H17AsF6N4O/c1-34-11-13-9-16(23)14-5-6-17(19-15(22(27,28)29)3-2-8-30-19)32-20(14)33(13)18-7-4-12(10-31-18)21(24,25)26/h2-10,16,20,32H,11H2,1H3. The Labute approximate surface area is 199 Å². The summed E-state index contributed by atoms with van der Waals surface area (Å²) in [4.78, 5) is 9.54. The number of dihydropyridines is 1. The van der Waals surface area contributed by atoms with Crippen LogP contribution >= 0.6 is 0 Å². The molecule has 1 N–H and O–H groups in total. The summed E-state index contributed by atoms with van der Waals surface area (Å²) >= 11 is 2.45. The zero-order valence-electron chi connectivity index (χ0n) is 17.5. The average molecular weight is 542 g/mol. The summed E-state index contributed by atoms with van der Waals surface area (Å²) in [5.74, 6) is 0.178. The molecule has 4 heterocycles. The maximum absolute atomic E-state index is 13.6. The van der Waals surface area contributed by atoms with E-state index in [1.165, 1.54) is 31.5 Å². The number of allylic oxidation sites excluding steroid dienone is 3. The molecule has 2 aromatic heterocycles. The Morgan fingerprint density at radius 3 is 2.44 bits per heavy atom. The van der Waals surface area contributed by atoms with E-state index >= 15 is 0 Å². The van der Waals surface area contributed by atoms with Gasteiger partial charge in [0, 0.05) is 0 Å². The molecule has 2 radical (unpaired) electrons. The summed E-state index contributed by atoms with van der Waals surface area (Å²) in [5.41, 5.74) is -0.611. The van der Waals surface area contributed by atoms with E-state index < -0.39 is 29.6 Å². The van der Waals surface area contributed by atoms with Crippen LogP contribution in [0, 0.1) is 0 Å². The van der Waals surface area contributed by atoms with Crippen molar-refractivity contribution in [1.82, 2.24) is 15.3 Å². The Bertz CT molecular complexity index is 1160. The van der Waals surface area contributed by atoms with E-state index in [1.54, 1.807) is 11.0 Å². The number of nitrogens with zero attached hydrogens (tertiary/aromatic N) is 3. The van der Waals surface area contributed by atoms with Gasteiger partial charge >= 0.3 is 200 Å². The summed E-state index contributed by atoms with van der Waals surface area (Å²) in [7, 11) is 1.47. The molecule has 2 aromatic rings. The number of nitrogens with one attached hydrogen (secondary N) is 1. The van der Waals surface area contributed by atoms with Crippen molar-refractivity contribution < 1.29 is 31.1 Å². The molecule has 2 aliphatic heterocycles. The Hall–Kier alpha value is -2.78. The fourth-order valence-corrected chi connectivity index (χ4v) is 4.62. The van der Waals surface area contributed by atoms with Crippen molar-refractivity contribution in [2.24, 2.45) is 0 Å². The van der Waals surface area contributed by atoms with Crippen LogP contribution in [0.2, 0.25) is 4.71 Å². The third-order valence-electron chi connectivity index (χ3n) is 5.29. The van der Waals surface area contributed by atoms with Gasteiger partial charge in [0.05, 0.1) is 0 Å². The summed E-state index contributed by atoms with van der Waals surface area (Å²) in [6.45, 7) is 0.110. The second-order valence-electron chi connectivity index (χ2n) is 7.50. The number of anilines is 1. The molecule has 5 nitrogen and oxygen atoms in total. The zero-order valence-corrected chi connectivity index (χ0v) is 19.4. The first-order valence-corrected chi connectivity index (χ1v) is 11.0. The van der Waals surface area contributed by atoms with Crippen LogP contribution in [-0.2, 0) is 17.1 Å². The van der Waals surface area contributed by atoms with Gasteiger partial charge in [-0.25, -0.2) is 0 Å². The molecule has 0 spiro atoms. The number of aromatic nitrogens is 2. The van der Waals surface area contributed by atoms with Crippen LogP contribution in [0.1, 0.15) is 16.8 Å². The van der Waals surface area contributed by atoms with Gasteiger partial charge in [-0.05, 0) is 0 Å². The molecule has 2 unspecified atom stereocenters. The summed E-state index contributed by atoms with van der Waals surface area (Å²) in [6.07, 6.45) is -2.87. The molecule has 2 atom stereocenters. The number of hydrogen-bond donors (Lipinski definition) is 1. The van der Waals surface area contributed by atoms with Crippen molar-refractivity contribution in [2.75, 3.05) is 18.6 Å². The molecular weight excluding hydrogens is 525 g/mol. The predicted molar refractivity (Wildman–Crippen MR) is 113 cm³/mol. The van der Waals surface area contributed by atoms with Gasteiger partial charge in [0.2, 0.25) is 0 Å². The molecule has 0 aromatic carbocycles. The van der Waals surface area contributed by atoms with Crippen molar-refractivity contribution >= 4 is 28.4 Å². The van der Waals surface area contributed by atoms with Gasteiger partial charge in [-0.15, -0.1) is 0 Å². The van der Waals surface area contributed by atoms with E-state index in [0.717, 1.165) is 23.9 Å². The number of fused-ring (bicyclic) bond motifs is 1. The van der Waals surface area contributed by atoms with Crippen LogP contribution in [0.25, 0.3) is 5.70 Å². The number of alkyl halides is 6. The molecule has 0 bridgehead atoms. The minimum absolute atomic E-state index is 0.110. The first-order valence-electron chi connectivity index (χ1n) is 9.92. The number of ether oxygens (including phenoxy) is 1. The number of halogens is 6. The SMILES string of the molecule is COCC1=CC([As])C2=CC=C(c3ncccc3C(F)(F)F)NC2N1c1ccc(C(F)(F)F)cn1. The van der Waals surface area contributed by atoms with Crippen LogP contribution in [0.15, 0.2) is 66.2 Å². The topological polar surface area (TPSA) is 50.3 Å². The van der Waals surface area contributed by atoms with E-state index in [-0.39, 0.29) is 28.5 Å². The first-order chi connectivity index (χ1) is 16.0. The molecule has 0 fully saturated rings. The van der Waals surface area contributed by atoms with Gasteiger partial charge in [-0.2, -0.15) is 0 Å². The molecule has 4 rings (SSSR count). The summed E-state index contributed by atoms with van der Waals surface area (Å²) in [5, 5.41) is 3.08. The number of hydrogen-bond acceptors (Lipinski definition) is 5. The molecule has 178 valence electrons. The average Bonchev–Trinajstić information content (AvgIpc) is 2.78. The van der Waals surface area contributed by atoms with Gasteiger partial charge in [0.1, 0.15) is 0 Å². The fourth-order valence-electron chi connectivity index (χ4n) is 3.79. The quantitative estimate of drug-likeness (QED) is 0.448. The monoisotopic (exact) mass is 542 g/mol. The van der Waals surface area contributed by atoms with Gasteiger partial charge in [0.15, 0.2) is 0 Å². The third-order valence-corrected chi connectivity index (χ3v) is 6.23. The molecule has 34 heavy (non-hydrogen) atoms. The van der Waals surface area contributed by atoms with Gasteiger partial charge in [-0.1, -0.05) is 0 Å². The van der Waals surface area contributed by atoms with E-state index in [9.17, 15) is 26.3 Å². The van der Waals surface area contributed by atoms with E-state index in [2.05, 4.69) is 32.1 Å². The van der Waals surface area contributed by atoms with Crippen LogP contribution in [-0.4, -0.2) is 46.7 Å². The molecule has 0 aliphatic carbocycles. The van der Waals surface area contributed by atoms with Gasteiger partial charge in [0.25, 0.3) is 0 Å². The molecule has 2 aliphatic rings. The zero-order chi connectivity index (χ0) is 24.7. The van der Waals surface area contributed by atoms with Crippen LogP contribution in [0.3, 0.4) is 0 Å². The van der Waals surface area contributed by atoms with Crippen molar-refractivity contribution in [1.29, 1.82) is 0 Å². The summed E-state index contributed by atoms with van der Waals surface area (Å²) < 4.78 is 85.0. The number of methoxy groups -OCH3 is 1. The van der Waals surface area contributed by atoms with Crippen molar-refractivity contribution in [3.05, 3.63) is 83.0 Å². The minimum atomic E-state index is -4.62. The normalized spacial score (nSPS) is 20.7. The second kappa shape index (κ2) is 9.11. The van der Waals surface area contributed by atoms with Crippen molar-refractivity contribution in [3.8, 4) is 0 Å². The van der Waals surface area contributed by atoms with Crippen LogP contribution in [0.4, 0.5) is 32.2 Å². The number of rotatable bonds is 4. The van der Waals surface area contributed by atoms with E-state index in [1.807, 2.05) is 6.08 Å². The fraction of sp³-hybridized carbons (Fsp3) is 0.273. The maximum atomic E-state index is 13.6. The van der Waals surface area contributed by atoms with Gasteiger partial charge < -0.3 is 0 Å². The Morgan fingerprint density at radius 1 is 1.06 bits per heavy atom. The molecule has 12 heteroatoms. The summed E-state index contributed by atoms with van der Waals surface area (Å²) in [6, 6.07) is 4.27. The number of pyridine rings is 2.